The third-order valence-corrected chi connectivity index (χ3v) is 9.49. The zero-order chi connectivity index (χ0) is 22.2. The van der Waals surface area contributed by atoms with E-state index >= 15 is 0 Å². The number of para-hydroxylation sites is 1. The lowest BCUT2D eigenvalue weighted by atomic mass is 10.2. The van der Waals surface area contributed by atoms with Gasteiger partial charge < -0.3 is 4.90 Å². The standard InChI is InChI=1S/C21H25N3O5S2/c1-2-30(26,27)23-14-12-22(13-15-23)21(25)18-7-5-8-19(16-18)31(28,29)24-11-10-17-6-3-4-9-20(17)24/h3-9,16H,2,10-15H2,1H3. The fourth-order valence-electron chi connectivity index (χ4n) is 4.01. The summed E-state index contributed by atoms with van der Waals surface area (Å²) in [4.78, 5) is 14.6. The van der Waals surface area contributed by atoms with Gasteiger partial charge in [0.1, 0.15) is 0 Å². The van der Waals surface area contributed by atoms with Gasteiger partial charge in [-0.25, -0.2) is 16.8 Å². The number of anilines is 1. The molecule has 0 N–H and O–H groups in total. The van der Waals surface area contributed by atoms with Gasteiger partial charge in [0.15, 0.2) is 0 Å². The van der Waals surface area contributed by atoms with Gasteiger partial charge in [0.05, 0.1) is 16.3 Å². The molecule has 0 unspecified atom stereocenters. The first-order valence-corrected chi connectivity index (χ1v) is 13.3. The number of fused-ring (bicyclic) bond motifs is 1. The lowest BCUT2D eigenvalue weighted by Crippen LogP contribution is -2.50. The summed E-state index contributed by atoms with van der Waals surface area (Å²) in [5.41, 5.74) is 1.94. The second kappa shape index (κ2) is 8.25. The van der Waals surface area contributed by atoms with E-state index in [0.717, 1.165) is 5.56 Å². The summed E-state index contributed by atoms with van der Waals surface area (Å²) in [7, 11) is -7.08. The number of amides is 1. The molecule has 166 valence electrons. The molecule has 1 fully saturated rings. The highest BCUT2D eigenvalue weighted by Crippen LogP contribution is 2.32. The molecule has 0 aromatic heterocycles. The molecule has 2 aromatic rings. The van der Waals surface area contributed by atoms with Gasteiger partial charge in [-0.2, -0.15) is 4.31 Å². The summed E-state index contributed by atoms with van der Waals surface area (Å²) >= 11 is 0. The van der Waals surface area contributed by atoms with Gasteiger partial charge in [0.2, 0.25) is 10.0 Å². The highest BCUT2D eigenvalue weighted by atomic mass is 32.2. The van der Waals surface area contributed by atoms with Crippen molar-refractivity contribution in [2.24, 2.45) is 0 Å². The summed E-state index contributed by atoms with van der Waals surface area (Å²) in [6, 6.07) is 13.5. The minimum absolute atomic E-state index is 0.0283. The molecule has 0 bridgehead atoms. The van der Waals surface area contributed by atoms with Crippen molar-refractivity contribution in [3.05, 3.63) is 59.7 Å². The van der Waals surface area contributed by atoms with E-state index in [0.29, 0.717) is 18.7 Å². The van der Waals surface area contributed by atoms with Crippen LogP contribution in [-0.2, 0) is 26.5 Å². The van der Waals surface area contributed by atoms with Gasteiger partial charge in [-0.3, -0.25) is 9.10 Å². The van der Waals surface area contributed by atoms with Gasteiger partial charge in [0.25, 0.3) is 15.9 Å². The Kier molecular flexibility index (Phi) is 5.80. The zero-order valence-electron chi connectivity index (χ0n) is 17.3. The SMILES string of the molecule is CCS(=O)(=O)N1CCN(C(=O)c2cccc(S(=O)(=O)N3CCc4ccccc43)c2)CC1. The second-order valence-electron chi connectivity index (χ2n) is 7.58. The molecule has 31 heavy (non-hydrogen) atoms. The van der Waals surface area contributed by atoms with E-state index in [1.165, 1.54) is 20.7 Å². The molecule has 0 saturated carbocycles. The predicted molar refractivity (Wildman–Crippen MR) is 118 cm³/mol. The number of nitrogens with zero attached hydrogens (tertiary/aromatic N) is 3. The molecule has 4 rings (SSSR count). The number of sulfonamides is 2. The van der Waals surface area contributed by atoms with E-state index in [4.69, 9.17) is 0 Å². The summed E-state index contributed by atoms with van der Waals surface area (Å²) in [6.07, 6.45) is 0.652. The predicted octanol–water partition coefficient (Wildman–Crippen LogP) is 1.55. The van der Waals surface area contributed by atoms with E-state index in [9.17, 15) is 21.6 Å². The Morgan fingerprint density at radius 3 is 2.32 bits per heavy atom. The molecule has 1 saturated heterocycles. The average molecular weight is 464 g/mol. The molecule has 0 spiro atoms. The van der Waals surface area contributed by atoms with Gasteiger partial charge in [-0.15, -0.1) is 0 Å². The maximum atomic E-state index is 13.3. The van der Waals surface area contributed by atoms with Crippen molar-refractivity contribution in [3.8, 4) is 0 Å². The number of carbonyl (C=O) groups excluding carboxylic acids is 1. The molecule has 0 radical (unpaired) electrons. The van der Waals surface area contributed by atoms with Crippen LogP contribution in [0.4, 0.5) is 5.69 Å². The molecular formula is C21H25N3O5S2. The van der Waals surface area contributed by atoms with E-state index in [-0.39, 0.29) is 48.3 Å². The molecule has 0 aliphatic carbocycles. The first-order chi connectivity index (χ1) is 14.7. The van der Waals surface area contributed by atoms with Crippen molar-refractivity contribution in [1.82, 2.24) is 9.21 Å². The molecule has 8 nitrogen and oxygen atoms in total. The van der Waals surface area contributed by atoms with Crippen molar-refractivity contribution < 1.29 is 21.6 Å². The third-order valence-electron chi connectivity index (χ3n) is 5.80. The Labute approximate surface area is 183 Å². The molecule has 2 aromatic carbocycles. The smallest absolute Gasteiger partial charge is 0.264 e. The topological polar surface area (TPSA) is 95.1 Å². The zero-order valence-corrected chi connectivity index (χ0v) is 18.9. The Morgan fingerprint density at radius 2 is 1.61 bits per heavy atom. The number of carbonyl (C=O) groups is 1. The van der Waals surface area contributed by atoms with Crippen LogP contribution in [0.5, 0.6) is 0 Å². The lowest BCUT2D eigenvalue weighted by molar-refractivity contribution is 0.0697. The molecule has 1 amide bonds. The van der Waals surface area contributed by atoms with Crippen molar-refractivity contribution in [3.63, 3.8) is 0 Å². The monoisotopic (exact) mass is 463 g/mol. The summed E-state index contributed by atoms with van der Waals surface area (Å²) in [5, 5.41) is 0. The van der Waals surface area contributed by atoms with Gasteiger partial charge >= 0.3 is 0 Å². The van der Waals surface area contributed by atoms with E-state index in [1.54, 1.807) is 30.0 Å². The number of rotatable bonds is 5. The van der Waals surface area contributed by atoms with Crippen LogP contribution in [0.1, 0.15) is 22.8 Å². The minimum atomic E-state index is -3.80. The Hall–Kier alpha value is -2.43. The van der Waals surface area contributed by atoms with Crippen molar-refractivity contribution in [2.45, 2.75) is 18.2 Å². The molecule has 2 aliphatic heterocycles. The van der Waals surface area contributed by atoms with Crippen LogP contribution in [-0.4, -0.2) is 70.4 Å². The van der Waals surface area contributed by atoms with Crippen LogP contribution >= 0.6 is 0 Å². The van der Waals surface area contributed by atoms with Crippen LogP contribution < -0.4 is 4.31 Å². The second-order valence-corrected chi connectivity index (χ2v) is 11.7. The first kappa shape index (κ1) is 21.8. The highest BCUT2D eigenvalue weighted by Gasteiger charge is 2.32. The van der Waals surface area contributed by atoms with Crippen LogP contribution in [0.3, 0.4) is 0 Å². The maximum Gasteiger partial charge on any atom is 0.264 e. The number of hydrogen-bond donors (Lipinski definition) is 0. The van der Waals surface area contributed by atoms with Gasteiger partial charge in [0, 0.05) is 38.3 Å². The van der Waals surface area contributed by atoms with Gasteiger partial charge in [-0.1, -0.05) is 24.3 Å². The van der Waals surface area contributed by atoms with E-state index < -0.39 is 20.0 Å². The normalized spacial score (nSPS) is 17.6. The Bertz CT molecular complexity index is 1200. The van der Waals surface area contributed by atoms with Gasteiger partial charge in [-0.05, 0) is 43.2 Å². The quantitative estimate of drug-likeness (QED) is 0.671. The van der Waals surface area contributed by atoms with Crippen LogP contribution in [0, 0.1) is 0 Å². The van der Waals surface area contributed by atoms with Crippen molar-refractivity contribution >= 4 is 31.6 Å². The van der Waals surface area contributed by atoms with Crippen LogP contribution in [0.15, 0.2) is 53.4 Å². The Balaban J connectivity index is 1.53. The van der Waals surface area contributed by atoms with Crippen LogP contribution in [0.2, 0.25) is 0 Å². The van der Waals surface area contributed by atoms with Crippen molar-refractivity contribution in [2.75, 3.05) is 42.8 Å². The first-order valence-electron chi connectivity index (χ1n) is 10.2. The molecule has 2 heterocycles. The Morgan fingerprint density at radius 1 is 0.903 bits per heavy atom. The average Bonchev–Trinajstić information content (AvgIpc) is 3.24. The van der Waals surface area contributed by atoms with E-state index in [2.05, 4.69) is 0 Å². The summed E-state index contributed by atoms with van der Waals surface area (Å²) in [6.45, 7) is 2.99. The fourth-order valence-corrected chi connectivity index (χ4v) is 6.64. The lowest BCUT2D eigenvalue weighted by Gasteiger charge is -2.34. The maximum absolute atomic E-state index is 13.3. The number of hydrogen-bond acceptors (Lipinski definition) is 5. The summed E-state index contributed by atoms with van der Waals surface area (Å²) in [5.74, 6) is -0.270. The molecule has 10 heteroatoms. The van der Waals surface area contributed by atoms with Crippen molar-refractivity contribution in [1.29, 1.82) is 0 Å². The molecule has 2 aliphatic rings. The largest absolute Gasteiger partial charge is 0.336 e. The fraction of sp³-hybridized carbons (Fsp3) is 0.381. The molecular weight excluding hydrogens is 438 g/mol. The summed E-state index contributed by atoms with van der Waals surface area (Å²) < 4.78 is 53.3. The minimum Gasteiger partial charge on any atom is -0.336 e. The number of piperazine rings is 1. The molecule has 0 atom stereocenters. The van der Waals surface area contributed by atoms with Crippen LogP contribution in [0.25, 0.3) is 0 Å². The third kappa shape index (κ3) is 4.07. The van der Waals surface area contributed by atoms with E-state index in [1.807, 2.05) is 18.2 Å². The number of benzene rings is 2. The highest BCUT2D eigenvalue weighted by molar-refractivity contribution is 7.92.